The SMILES string of the molecule is O=C([O-])CN(CC(=O)[O-])C(=S)[S-].[K+].[K+].[K+]. The van der Waals surface area contributed by atoms with Crippen molar-refractivity contribution >= 4 is 41.1 Å². The first-order valence-corrected chi connectivity index (χ1v) is 3.60. The van der Waals surface area contributed by atoms with Crippen molar-refractivity contribution in [3.63, 3.8) is 0 Å². The smallest absolute Gasteiger partial charge is 0.548 e. The molecule has 0 atom stereocenters. The number of aliphatic carboxylic acids is 2. The molecule has 0 spiro atoms. The molecular weight excluding hydrogens is 319 g/mol. The van der Waals surface area contributed by atoms with Gasteiger partial charge in [-0.15, -0.1) is 0 Å². The van der Waals surface area contributed by atoms with Crippen LogP contribution in [0.15, 0.2) is 0 Å². The first kappa shape index (κ1) is 27.3. The number of rotatable bonds is 4. The van der Waals surface area contributed by atoms with Crippen LogP contribution in [0.5, 0.6) is 0 Å². The van der Waals surface area contributed by atoms with E-state index in [2.05, 4.69) is 24.8 Å². The average molecular weight is 324 g/mol. The van der Waals surface area contributed by atoms with Gasteiger partial charge in [0, 0.05) is 0 Å². The fraction of sp³-hybridized carbons (Fsp3) is 0.400. The van der Waals surface area contributed by atoms with Crippen LogP contribution in [-0.2, 0) is 22.2 Å². The Balaban J connectivity index is -0.000000202. The normalized spacial score (nSPS) is 7.20. The molecule has 0 aliphatic heterocycles. The zero-order chi connectivity index (χ0) is 9.72. The Hall–Kier alpha value is 3.96. The molecule has 0 radical (unpaired) electrons. The van der Waals surface area contributed by atoms with E-state index in [4.69, 9.17) is 0 Å². The Morgan fingerprint density at radius 3 is 1.47 bits per heavy atom. The van der Waals surface area contributed by atoms with E-state index < -0.39 is 25.0 Å². The summed E-state index contributed by atoms with van der Waals surface area (Å²) in [5, 5.41) is 20.0. The average Bonchev–Trinajstić information content (AvgIpc) is 1.83. The summed E-state index contributed by atoms with van der Waals surface area (Å²) in [5.41, 5.74) is 0. The van der Waals surface area contributed by atoms with E-state index in [0.717, 1.165) is 4.90 Å². The Kier molecular flexibility index (Phi) is 29.2. The summed E-state index contributed by atoms with van der Waals surface area (Å²) in [6.45, 7) is -1.26. The molecule has 0 amide bonds. The summed E-state index contributed by atoms with van der Waals surface area (Å²) in [7, 11) is 0. The van der Waals surface area contributed by atoms with E-state index in [-0.39, 0.29) is 158 Å². The van der Waals surface area contributed by atoms with Gasteiger partial charge in [-0.25, -0.2) is 0 Å². The van der Waals surface area contributed by atoms with Crippen LogP contribution in [0.3, 0.4) is 0 Å². The second-order valence-corrected chi connectivity index (χ2v) is 2.90. The van der Waals surface area contributed by atoms with Crippen LogP contribution in [0.2, 0.25) is 0 Å². The molecule has 10 heteroatoms. The van der Waals surface area contributed by atoms with Gasteiger partial charge in [-0.2, -0.15) is 0 Å². The van der Waals surface area contributed by atoms with Gasteiger partial charge in [0.1, 0.15) is 0 Å². The summed E-state index contributed by atoms with van der Waals surface area (Å²) in [5.74, 6) is -2.88. The fourth-order valence-electron chi connectivity index (χ4n) is 0.497. The molecule has 5 nitrogen and oxygen atoms in total. The third-order valence-electron chi connectivity index (χ3n) is 0.898. The van der Waals surface area contributed by atoms with Gasteiger partial charge in [-0.3, -0.25) is 0 Å². The number of nitrogens with zero attached hydrogens (tertiary/aromatic N) is 1. The van der Waals surface area contributed by atoms with Crippen LogP contribution < -0.4 is 164 Å². The number of carbonyl (C=O) groups is 2. The summed E-state index contributed by atoms with van der Waals surface area (Å²) in [6, 6.07) is 0. The van der Waals surface area contributed by atoms with Crippen molar-refractivity contribution in [2.24, 2.45) is 0 Å². The van der Waals surface area contributed by atoms with Gasteiger partial charge < -0.3 is 49.5 Å². The molecule has 0 saturated carbocycles. The molecule has 0 bridgehead atoms. The first-order chi connectivity index (χ1) is 5.43. The minimum atomic E-state index is -1.44. The maximum atomic E-state index is 10.0. The number of hydrogen-bond donors (Lipinski definition) is 0. The molecule has 0 unspecified atom stereocenters. The second kappa shape index (κ2) is 16.0. The van der Waals surface area contributed by atoms with Crippen LogP contribution in [-0.4, -0.2) is 34.2 Å². The predicted octanol–water partition coefficient (Wildman–Crippen LogP) is -12.4. The zero-order valence-electron chi connectivity index (χ0n) is 8.81. The van der Waals surface area contributed by atoms with Crippen molar-refractivity contribution in [2.45, 2.75) is 0 Å². The monoisotopic (exact) mass is 323 g/mol. The standard InChI is InChI=1S/C5H7NO4S2.3K/c7-3(8)1-6(5(11)12)2-4(9)10;;;/h1-2H2,(H,7,8)(H,9,10)(H,11,12);;;/q;3*+1/p-3. The molecule has 15 heavy (non-hydrogen) atoms. The van der Waals surface area contributed by atoms with Gasteiger partial charge in [-0.1, -0.05) is 4.32 Å². The zero-order valence-corrected chi connectivity index (χ0v) is 19.8. The molecule has 68 valence electrons. The van der Waals surface area contributed by atoms with E-state index in [1.807, 2.05) is 0 Å². The Labute approximate surface area is 226 Å². The summed E-state index contributed by atoms with van der Waals surface area (Å²) in [6.07, 6.45) is 0. The maximum Gasteiger partial charge on any atom is 1.00 e. The van der Waals surface area contributed by atoms with E-state index in [1.165, 1.54) is 0 Å². The van der Waals surface area contributed by atoms with Crippen molar-refractivity contribution in [3.05, 3.63) is 0 Å². The minimum Gasteiger partial charge on any atom is -0.548 e. The van der Waals surface area contributed by atoms with Gasteiger partial charge in [0.2, 0.25) is 0 Å². The van der Waals surface area contributed by atoms with Crippen molar-refractivity contribution in [1.29, 1.82) is 0 Å². The van der Waals surface area contributed by atoms with E-state index in [0.29, 0.717) is 0 Å². The quantitative estimate of drug-likeness (QED) is 0.289. The van der Waals surface area contributed by atoms with E-state index >= 15 is 0 Å². The Morgan fingerprint density at radius 1 is 1.07 bits per heavy atom. The maximum absolute atomic E-state index is 10.0. The van der Waals surface area contributed by atoms with Crippen LogP contribution in [0.4, 0.5) is 0 Å². The fourth-order valence-corrected chi connectivity index (χ4v) is 0.755. The van der Waals surface area contributed by atoms with Crippen LogP contribution >= 0.6 is 12.2 Å². The van der Waals surface area contributed by atoms with Crippen molar-refractivity contribution in [1.82, 2.24) is 4.90 Å². The van der Waals surface area contributed by atoms with Crippen LogP contribution in [0, 0.1) is 0 Å². The first-order valence-electron chi connectivity index (χ1n) is 2.79. The van der Waals surface area contributed by atoms with Gasteiger partial charge in [0.25, 0.3) is 0 Å². The minimum absolute atomic E-state index is 0. The largest absolute Gasteiger partial charge is 1.00 e. The molecule has 0 heterocycles. The molecule has 0 N–H and O–H groups in total. The molecule has 0 rings (SSSR count). The van der Waals surface area contributed by atoms with Crippen molar-refractivity contribution < 1.29 is 174 Å². The van der Waals surface area contributed by atoms with Gasteiger partial charge in [-0.05, 0) is 0 Å². The molecule has 0 aliphatic rings. The number of carbonyl (C=O) groups excluding carboxylic acids is 2. The van der Waals surface area contributed by atoms with Crippen LogP contribution in [0.1, 0.15) is 0 Å². The summed E-state index contributed by atoms with van der Waals surface area (Å²) in [4.78, 5) is 20.8. The van der Waals surface area contributed by atoms with Gasteiger partial charge in [0.15, 0.2) is 0 Å². The topological polar surface area (TPSA) is 83.5 Å². The molecule has 0 aromatic carbocycles. The summed E-state index contributed by atoms with van der Waals surface area (Å²) >= 11 is 8.82. The summed E-state index contributed by atoms with van der Waals surface area (Å²) < 4.78 is -0.233. The third-order valence-corrected chi connectivity index (χ3v) is 1.41. The third kappa shape index (κ3) is 18.0. The molecule has 0 aromatic rings. The predicted molar refractivity (Wildman–Crippen MR) is 41.6 cm³/mol. The molecule has 0 aliphatic carbocycles. The molecule has 0 saturated heterocycles. The van der Waals surface area contributed by atoms with Crippen molar-refractivity contribution in [3.8, 4) is 0 Å². The number of hydrogen-bond acceptors (Lipinski definition) is 6. The number of carboxylic acid groups (broad SMARTS) is 2. The number of thiocarbonyl (C=S) groups is 1. The van der Waals surface area contributed by atoms with E-state index in [1.54, 1.807) is 0 Å². The van der Waals surface area contributed by atoms with Gasteiger partial charge >= 0.3 is 154 Å². The second-order valence-electron chi connectivity index (χ2n) is 1.87. The van der Waals surface area contributed by atoms with Crippen LogP contribution in [0.25, 0.3) is 0 Å². The molecular formula is C5H4K3NO4S2. The number of carboxylic acids is 2. The van der Waals surface area contributed by atoms with E-state index in [9.17, 15) is 19.8 Å². The van der Waals surface area contributed by atoms with Gasteiger partial charge in [0.05, 0.1) is 25.0 Å². The molecule has 0 fully saturated rings. The Morgan fingerprint density at radius 2 is 1.33 bits per heavy atom. The molecule has 0 aromatic heterocycles. The Bertz CT molecular complexity index is 212. The van der Waals surface area contributed by atoms with Crippen molar-refractivity contribution in [2.75, 3.05) is 13.1 Å².